The molecule has 2 aliphatic rings. The lowest BCUT2D eigenvalue weighted by molar-refractivity contribution is -0.135. The van der Waals surface area contributed by atoms with Gasteiger partial charge in [-0.25, -0.2) is 4.98 Å². The van der Waals surface area contributed by atoms with E-state index in [0.717, 1.165) is 38.2 Å². The maximum atomic E-state index is 12.3. The molecule has 0 aromatic carbocycles. The summed E-state index contributed by atoms with van der Waals surface area (Å²) in [5.41, 5.74) is 0. The summed E-state index contributed by atoms with van der Waals surface area (Å²) >= 11 is 0. The molecule has 1 aliphatic heterocycles. The first kappa shape index (κ1) is 17.9. The van der Waals surface area contributed by atoms with Crippen LogP contribution in [0.3, 0.4) is 0 Å². The van der Waals surface area contributed by atoms with Crippen LogP contribution in [-0.4, -0.2) is 58.0 Å². The van der Waals surface area contributed by atoms with E-state index in [1.54, 1.807) is 6.20 Å². The van der Waals surface area contributed by atoms with Crippen molar-refractivity contribution in [3.05, 3.63) is 18.2 Å². The third kappa shape index (κ3) is 4.60. The van der Waals surface area contributed by atoms with Crippen LogP contribution in [0.5, 0.6) is 0 Å². The average Bonchev–Trinajstić information content (AvgIpc) is 3.25. The zero-order valence-corrected chi connectivity index (χ0v) is 15.0. The Bertz CT molecular complexity index is 594. The lowest BCUT2D eigenvalue weighted by Gasteiger charge is -2.38. The summed E-state index contributed by atoms with van der Waals surface area (Å²) in [4.78, 5) is 31.0. The van der Waals surface area contributed by atoms with Gasteiger partial charge in [-0.2, -0.15) is 0 Å². The van der Waals surface area contributed by atoms with Gasteiger partial charge in [0.25, 0.3) is 0 Å². The first-order valence-electron chi connectivity index (χ1n) is 9.43. The number of nitrogens with zero attached hydrogens (tertiary/aromatic N) is 3. The van der Waals surface area contributed by atoms with E-state index in [1.165, 1.54) is 12.8 Å². The summed E-state index contributed by atoms with van der Waals surface area (Å²) in [5.74, 6) is 0.951. The molecule has 1 aliphatic carbocycles. The Labute approximate surface area is 149 Å². The van der Waals surface area contributed by atoms with Crippen LogP contribution in [0.1, 0.15) is 44.3 Å². The van der Waals surface area contributed by atoms with Crippen molar-refractivity contribution in [2.24, 2.45) is 0 Å². The number of hydrogen-bond donors (Lipinski definition) is 2. The second-order valence-corrected chi connectivity index (χ2v) is 7.06. The fraction of sp³-hybridized carbons (Fsp3) is 0.722. The molecule has 1 saturated heterocycles. The van der Waals surface area contributed by atoms with Crippen molar-refractivity contribution in [3.8, 4) is 0 Å². The fourth-order valence-corrected chi connectivity index (χ4v) is 3.98. The van der Waals surface area contributed by atoms with Crippen molar-refractivity contribution in [2.75, 3.05) is 19.6 Å². The molecule has 2 heterocycles. The number of aryl methyl sites for hydroxylation is 2. The van der Waals surface area contributed by atoms with Crippen LogP contribution in [0, 0.1) is 6.92 Å². The molecule has 0 bridgehead atoms. The Hall–Kier alpha value is -1.89. The quantitative estimate of drug-likeness (QED) is 0.716. The molecule has 2 fully saturated rings. The molecule has 25 heavy (non-hydrogen) atoms. The van der Waals surface area contributed by atoms with Crippen LogP contribution in [0.4, 0.5) is 0 Å². The van der Waals surface area contributed by atoms with Crippen molar-refractivity contribution in [2.45, 2.75) is 64.1 Å². The predicted molar refractivity (Wildman–Crippen MR) is 95.0 cm³/mol. The molecule has 1 aromatic rings. The number of piperazine rings is 1. The largest absolute Gasteiger partial charge is 0.356 e. The predicted octanol–water partition coefficient (Wildman–Crippen LogP) is 0.831. The van der Waals surface area contributed by atoms with Crippen molar-refractivity contribution in [1.82, 2.24) is 25.1 Å². The van der Waals surface area contributed by atoms with Crippen LogP contribution in [0.2, 0.25) is 0 Å². The van der Waals surface area contributed by atoms with Gasteiger partial charge in [-0.1, -0.05) is 12.8 Å². The number of rotatable bonds is 7. The molecule has 1 aromatic heterocycles. The minimum atomic E-state index is -0.312. The Kier molecular flexibility index (Phi) is 6.07. The smallest absolute Gasteiger partial charge is 0.237 e. The summed E-state index contributed by atoms with van der Waals surface area (Å²) in [7, 11) is 0. The molecule has 138 valence electrons. The highest BCUT2D eigenvalue weighted by atomic mass is 16.2. The maximum absolute atomic E-state index is 12.3. The first-order chi connectivity index (χ1) is 12.1. The van der Waals surface area contributed by atoms with Crippen LogP contribution in [-0.2, 0) is 16.1 Å². The monoisotopic (exact) mass is 347 g/mol. The summed E-state index contributed by atoms with van der Waals surface area (Å²) in [6.07, 6.45) is 9.60. The highest BCUT2D eigenvalue weighted by molar-refractivity contribution is 5.88. The van der Waals surface area contributed by atoms with Crippen LogP contribution in [0.25, 0.3) is 0 Å². The van der Waals surface area contributed by atoms with Gasteiger partial charge < -0.3 is 15.2 Å². The van der Waals surface area contributed by atoms with Crippen molar-refractivity contribution >= 4 is 11.8 Å². The molecule has 3 rings (SSSR count). The topological polar surface area (TPSA) is 79.3 Å². The minimum Gasteiger partial charge on any atom is -0.356 e. The zero-order chi connectivity index (χ0) is 17.6. The minimum absolute atomic E-state index is 0.00217. The zero-order valence-electron chi connectivity index (χ0n) is 15.0. The Morgan fingerprint density at radius 2 is 2.20 bits per heavy atom. The third-order valence-corrected chi connectivity index (χ3v) is 5.37. The molecule has 2 amide bonds. The van der Waals surface area contributed by atoms with E-state index < -0.39 is 0 Å². The molecule has 0 spiro atoms. The Morgan fingerprint density at radius 1 is 1.40 bits per heavy atom. The van der Waals surface area contributed by atoms with E-state index in [-0.39, 0.29) is 24.3 Å². The number of amides is 2. The molecule has 7 heteroatoms. The SMILES string of the molecule is Cc1nccn1CCCNC(=O)CC1C(=O)NCCN1C1CCCC1. The Balaban J connectivity index is 1.44. The van der Waals surface area contributed by atoms with Gasteiger partial charge in [0, 0.05) is 44.6 Å². The summed E-state index contributed by atoms with van der Waals surface area (Å²) in [6, 6.07) is 0.154. The number of carbonyl (C=O) groups is 2. The van der Waals surface area contributed by atoms with E-state index in [4.69, 9.17) is 0 Å². The van der Waals surface area contributed by atoms with Gasteiger partial charge in [-0.05, 0) is 26.2 Å². The summed E-state index contributed by atoms with van der Waals surface area (Å²) in [6.45, 7) is 4.97. The fourth-order valence-electron chi connectivity index (χ4n) is 3.98. The van der Waals surface area contributed by atoms with Crippen molar-refractivity contribution < 1.29 is 9.59 Å². The highest BCUT2D eigenvalue weighted by Gasteiger charge is 2.36. The van der Waals surface area contributed by atoms with Crippen molar-refractivity contribution in [3.63, 3.8) is 0 Å². The number of nitrogens with one attached hydrogen (secondary N) is 2. The number of carbonyl (C=O) groups excluding carboxylic acids is 2. The van der Waals surface area contributed by atoms with Crippen LogP contribution < -0.4 is 10.6 Å². The van der Waals surface area contributed by atoms with Gasteiger partial charge in [-0.15, -0.1) is 0 Å². The summed E-state index contributed by atoms with van der Waals surface area (Å²) < 4.78 is 2.07. The standard InChI is InChI=1S/C18H29N5O2/c1-14-19-8-11-22(14)10-4-7-20-17(24)13-16-18(25)21-9-12-23(16)15-5-2-3-6-15/h8,11,15-16H,2-7,9-10,12-13H2,1H3,(H,20,24)(H,21,25). The van der Waals surface area contributed by atoms with Gasteiger partial charge in [0.2, 0.25) is 11.8 Å². The lowest BCUT2D eigenvalue weighted by Crippen LogP contribution is -2.59. The first-order valence-corrected chi connectivity index (χ1v) is 9.43. The van der Waals surface area contributed by atoms with E-state index in [1.807, 2.05) is 13.1 Å². The number of hydrogen-bond acceptors (Lipinski definition) is 4. The van der Waals surface area contributed by atoms with Gasteiger partial charge >= 0.3 is 0 Å². The van der Waals surface area contributed by atoms with E-state index in [2.05, 4.69) is 25.1 Å². The maximum Gasteiger partial charge on any atom is 0.237 e. The van der Waals surface area contributed by atoms with Crippen LogP contribution >= 0.6 is 0 Å². The Morgan fingerprint density at radius 3 is 2.92 bits per heavy atom. The van der Waals surface area contributed by atoms with Crippen molar-refractivity contribution in [1.29, 1.82) is 0 Å². The molecule has 1 atom stereocenters. The van der Waals surface area contributed by atoms with Gasteiger partial charge in [-0.3, -0.25) is 14.5 Å². The van der Waals surface area contributed by atoms with Gasteiger partial charge in [0.1, 0.15) is 5.82 Å². The molecule has 7 nitrogen and oxygen atoms in total. The van der Waals surface area contributed by atoms with Crippen LogP contribution in [0.15, 0.2) is 12.4 Å². The second kappa shape index (κ2) is 8.47. The second-order valence-electron chi connectivity index (χ2n) is 7.06. The number of imidazole rings is 1. The number of aromatic nitrogens is 2. The van der Waals surface area contributed by atoms with Gasteiger partial charge in [0.05, 0.1) is 12.5 Å². The van der Waals surface area contributed by atoms with E-state index in [0.29, 0.717) is 19.1 Å². The third-order valence-electron chi connectivity index (χ3n) is 5.37. The molecule has 1 unspecified atom stereocenters. The van der Waals surface area contributed by atoms with Gasteiger partial charge in [0.15, 0.2) is 0 Å². The molecular formula is C18H29N5O2. The normalized spacial score (nSPS) is 22.1. The highest BCUT2D eigenvalue weighted by Crippen LogP contribution is 2.26. The molecule has 1 saturated carbocycles. The molecule has 0 radical (unpaired) electrons. The average molecular weight is 347 g/mol. The summed E-state index contributed by atoms with van der Waals surface area (Å²) in [5, 5.41) is 5.88. The van der Waals surface area contributed by atoms with E-state index >= 15 is 0 Å². The molecule has 2 N–H and O–H groups in total. The molecular weight excluding hydrogens is 318 g/mol. The van der Waals surface area contributed by atoms with E-state index in [9.17, 15) is 9.59 Å². The lowest BCUT2D eigenvalue weighted by atomic mass is 10.0.